The molecule has 1 fully saturated rings. The van der Waals surface area contributed by atoms with Gasteiger partial charge in [0.05, 0.1) is 0 Å². The Morgan fingerprint density at radius 3 is 1.76 bits per heavy atom. The monoisotopic (exact) mass is 248 g/mol. The standard InChI is InChI=1S/C16H25P/c1-15(2)12-8-9-13-16(3,4)17(15)14-10-6-5-7-11-14/h5-7,10-11H,8-9,12-13H2,1-4H3. The summed E-state index contributed by atoms with van der Waals surface area (Å²) in [5.41, 5.74) is 0. The van der Waals surface area contributed by atoms with E-state index in [0.29, 0.717) is 10.3 Å². The lowest BCUT2D eigenvalue weighted by molar-refractivity contribution is 0.563. The Morgan fingerprint density at radius 2 is 1.29 bits per heavy atom. The fourth-order valence-electron chi connectivity index (χ4n) is 3.43. The molecule has 0 aliphatic carbocycles. The molecule has 1 heteroatoms. The molecule has 1 aliphatic rings. The highest BCUT2D eigenvalue weighted by molar-refractivity contribution is 7.68. The van der Waals surface area contributed by atoms with Crippen LogP contribution in [0.4, 0.5) is 0 Å². The normalized spacial score (nSPS) is 24.2. The maximum Gasteiger partial charge on any atom is -0.0106 e. The van der Waals surface area contributed by atoms with E-state index in [2.05, 4.69) is 58.0 Å². The molecule has 0 bridgehead atoms. The third-order valence-electron chi connectivity index (χ3n) is 4.05. The summed E-state index contributed by atoms with van der Waals surface area (Å²) in [6.07, 6.45) is 5.58. The van der Waals surface area contributed by atoms with Crippen LogP contribution in [0.5, 0.6) is 0 Å². The largest absolute Gasteiger partial charge is 0.0637 e. The van der Waals surface area contributed by atoms with Crippen LogP contribution >= 0.6 is 7.92 Å². The molecular formula is C16H25P. The van der Waals surface area contributed by atoms with Crippen molar-refractivity contribution >= 4 is 13.2 Å². The lowest BCUT2D eigenvalue weighted by Crippen LogP contribution is -2.33. The fraction of sp³-hybridized carbons (Fsp3) is 0.625. The van der Waals surface area contributed by atoms with E-state index in [0.717, 1.165) is 0 Å². The first-order valence-corrected chi connectivity index (χ1v) is 8.13. The molecule has 0 unspecified atom stereocenters. The Hall–Kier alpha value is -0.350. The molecule has 0 aromatic heterocycles. The molecule has 0 N–H and O–H groups in total. The van der Waals surface area contributed by atoms with E-state index in [-0.39, 0.29) is 7.92 Å². The maximum atomic E-state index is 2.48. The van der Waals surface area contributed by atoms with E-state index in [4.69, 9.17) is 0 Å². The molecule has 0 nitrogen and oxygen atoms in total. The van der Waals surface area contributed by atoms with Crippen molar-refractivity contribution in [2.75, 3.05) is 0 Å². The van der Waals surface area contributed by atoms with Crippen LogP contribution in [0, 0.1) is 0 Å². The van der Waals surface area contributed by atoms with Gasteiger partial charge in [-0.1, -0.05) is 78.8 Å². The van der Waals surface area contributed by atoms with Gasteiger partial charge in [0, 0.05) is 0 Å². The molecule has 0 atom stereocenters. The molecule has 0 radical (unpaired) electrons. The van der Waals surface area contributed by atoms with E-state index in [1.807, 2.05) is 0 Å². The summed E-state index contributed by atoms with van der Waals surface area (Å²) in [4.78, 5) is 0. The number of rotatable bonds is 1. The van der Waals surface area contributed by atoms with Crippen molar-refractivity contribution < 1.29 is 0 Å². The highest BCUT2D eigenvalue weighted by atomic mass is 31.1. The van der Waals surface area contributed by atoms with E-state index in [9.17, 15) is 0 Å². The molecule has 1 aliphatic heterocycles. The van der Waals surface area contributed by atoms with E-state index >= 15 is 0 Å². The highest BCUT2D eigenvalue weighted by Gasteiger charge is 2.42. The summed E-state index contributed by atoms with van der Waals surface area (Å²) in [6, 6.07) is 11.2. The van der Waals surface area contributed by atoms with E-state index in [1.165, 1.54) is 25.7 Å². The molecule has 17 heavy (non-hydrogen) atoms. The van der Waals surface area contributed by atoms with Crippen LogP contribution in [-0.2, 0) is 0 Å². The predicted octanol–water partition coefficient (Wildman–Crippen LogP) is 4.93. The Labute approximate surface area is 108 Å². The van der Waals surface area contributed by atoms with Gasteiger partial charge >= 0.3 is 0 Å². The average molecular weight is 248 g/mol. The second-order valence-corrected chi connectivity index (χ2v) is 10.1. The maximum absolute atomic E-state index is 2.48. The van der Waals surface area contributed by atoms with Crippen LogP contribution < -0.4 is 5.30 Å². The Morgan fingerprint density at radius 1 is 0.824 bits per heavy atom. The number of hydrogen-bond acceptors (Lipinski definition) is 0. The smallest absolute Gasteiger partial charge is 0.0106 e. The average Bonchev–Trinajstić information content (AvgIpc) is 2.35. The first-order valence-electron chi connectivity index (χ1n) is 6.79. The van der Waals surface area contributed by atoms with Gasteiger partial charge in [-0.3, -0.25) is 0 Å². The second kappa shape index (κ2) is 4.73. The lowest BCUT2D eigenvalue weighted by atomic mass is 10.0. The lowest BCUT2D eigenvalue weighted by Gasteiger charge is -2.44. The molecule has 0 amide bonds. The Kier molecular flexibility index (Phi) is 3.64. The minimum Gasteiger partial charge on any atom is -0.0637 e. The van der Waals surface area contributed by atoms with Crippen molar-refractivity contribution in [3.63, 3.8) is 0 Å². The van der Waals surface area contributed by atoms with Crippen molar-refractivity contribution in [2.45, 2.75) is 63.7 Å². The van der Waals surface area contributed by atoms with Crippen LogP contribution in [0.3, 0.4) is 0 Å². The molecule has 1 heterocycles. The Balaban J connectivity index is 2.44. The minimum atomic E-state index is -0.0800. The molecule has 94 valence electrons. The fourth-order valence-corrected chi connectivity index (χ4v) is 7.70. The molecule has 0 spiro atoms. The van der Waals surface area contributed by atoms with Gasteiger partial charge in [-0.2, -0.15) is 0 Å². The minimum absolute atomic E-state index is 0.0800. The van der Waals surface area contributed by atoms with Crippen LogP contribution in [-0.4, -0.2) is 10.3 Å². The predicted molar refractivity (Wildman–Crippen MR) is 79.6 cm³/mol. The van der Waals surface area contributed by atoms with Gasteiger partial charge in [0.2, 0.25) is 0 Å². The molecule has 0 saturated carbocycles. The van der Waals surface area contributed by atoms with Gasteiger partial charge in [0.1, 0.15) is 0 Å². The number of hydrogen-bond donors (Lipinski definition) is 0. The van der Waals surface area contributed by atoms with Gasteiger partial charge in [-0.15, -0.1) is 0 Å². The zero-order chi connectivity index (χ0) is 12.5. The van der Waals surface area contributed by atoms with Crippen LogP contribution in [0.25, 0.3) is 0 Å². The van der Waals surface area contributed by atoms with Crippen molar-refractivity contribution in [3.05, 3.63) is 30.3 Å². The Bertz CT molecular complexity index is 346. The van der Waals surface area contributed by atoms with Crippen LogP contribution in [0.2, 0.25) is 0 Å². The molecule has 1 aromatic carbocycles. The molecule has 1 saturated heterocycles. The summed E-state index contributed by atoms with van der Waals surface area (Å²) in [5, 5.41) is 2.56. The van der Waals surface area contributed by atoms with Crippen molar-refractivity contribution in [1.82, 2.24) is 0 Å². The van der Waals surface area contributed by atoms with Crippen LogP contribution in [0.15, 0.2) is 30.3 Å². The molecule has 1 aromatic rings. The van der Waals surface area contributed by atoms with Crippen molar-refractivity contribution in [2.24, 2.45) is 0 Å². The second-order valence-electron chi connectivity index (χ2n) is 6.50. The highest BCUT2D eigenvalue weighted by Crippen LogP contribution is 2.63. The van der Waals surface area contributed by atoms with Crippen molar-refractivity contribution in [3.8, 4) is 0 Å². The molecular weight excluding hydrogens is 223 g/mol. The molecule has 2 rings (SSSR count). The number of benzene rings is 1. The van der Waals surface area contributed by atoms with Crippen molar-refractivity contribution in [1.29, 1.82) is 0 Å². The third kappa shape index (κ3) is 2.74. The summed E-state index contributed by atoms with van der Waals surface area (Å²) in [6.45, 7) is 9.94. The quantitative estimate of drug-likeness (QED) is 0.618. The first-order chi connectivity index (χ1) is 7.93. The zero-order valence-electron chi connectivity index (χ0n) is 11.7. The topological polar surface area (TPSA) is 0 Å². The summed E-state index contributed by atoms with van der Waals surface area (Å²) < 4.78 is 0. The third-order valence-corrected chi connectivity index (χ3v) is 7.74. The van der Waals surface area contributed by atoms with Gasteiger partial charge in [-0.25, -0.2) is 0 Å². The summed E-state index contributed by atoms with van der Waals surface area (Å²) in [5.74, 6) is 0. The zero-order valence-corrected chi connectivity index (χ0v) is 12.6. The van der Waals surface area contributed by atoms with E-state index < -0.39 is 0 Å². The van der Waals surface area contributed by atoms with Gasteiger partial charge < -0.3 is 0 Å². The first kappa shape index (κ1) is 13.1. The van der Waals surface area contributed by atoms with Gasteiger partial charge in [0.25, 0.3) is 0 Å². The summed E-state index contributed by atoms with van der Waals surface area (Å²) >= 11 is 0. The van der Waals surface area contributed by atoms with E-state index in [1.54, 1.807) is 5.30 Å². The van der Waals surface area contributed by atoms with Crippen LogP contribution in [0.1, 0.15) is 53.4 Å². The van der Waals surface area contributed by atoms with Gasteiger partial charge in [0.15, 0.2) is 0 Å². The SMILES string of the molecule is CC1(C)CCCCC(C)(C)P1c1ccccc1. The summed E-state index contributed by atoms with van der Waals surface area (Å²) in [7, 11) is -0.0800. The van der Waals surface area contributed by atoms with Gasteiger partial charge in [-0.05, 0) is 28.5 Å².